The van der Waals surface area contributed by atoms with Gasteiger partial charge < -0.3 is 15.0 Å². The van der Waals surface area contributed by atoms with Crippen molar-refractivity contribution in [1.29, 1.82) is 0 Å². The van der Waals surface area contributed by atoms with Crippen LogP contribution in [0.1, 0.15) is 24.9 Å². The lowest BCUT2D eigenvalue weighted by molar-refractivity contribution is 0.251. The predicted molar refractivity (Wildman–Crippen MR) is 87.9 cm³/mol. The van der Waals surface area contributed by atoms with E-state index in [0.717, 1.165) is 18.8 Å². The average Bonchev–Trinajstić information content (AvgIpc) is 2.96. The smallest absolute Gasteiger partial charge is 0.118 e. The Labute approximate surface area is 129 Å². The van der Waals surface area contributed by atoms with Gasteiger partial charge in [0, 0.05) is 25.2 Å². The normalized spacial score (nSPS) is 20.9. The number of rotatable bonds is 7. The van der Waals surface area contributed by atoms with Crippen LogP contribution in [0.5, 0.6) is 5.75 Å². The van der Waals surface area contributed by atoms with Crippen LogP contribution in [0.2, 0.25) is 0 Å². The van der Waals surface area contributed by atoms with Crippen LogP contribution < -0.4 is 10.1 Å². The van der Waals surface area contributed by atoms with Gasteiger partial charge in [-0.25, -0.2) is 0 Å². The van der Waals surface area contributed by atoms with E-state index in [4.69, 9.17) is 4.74 Å². The molecule has 1 heterocycles. The van der Waals surface area contributed by atoms with Crippen LogP contribution in [0, 0.1) is 0 Å². The SMILES string of the molecule is CCNC(CN1CCC(N(C)C)C1)c1ccc(OC)cc1. The van der Waals surface area contributed by atoms with Crippen LogP contribution in [-0.2, 0) is 0 Å². The fourth-order valence-corrected chi connectivity index (χ4v) is 3.03. The molecule has 1 saturated heterocycles. The molecule has 21 heavy (non-hydrogen) atoms. The lowest BCUT2D eigenvalue weighted by Crippen LogP contribution is -2.36. The van der Waals surface area contributed by atoms with Gasteiger partial charge >= 0.3 is 0 Å². The van der Waals surface area contributed by atoms with Gasteiger partial charge in [-0.2, -0.15) is 0 Å². The van der Waals surface area contributed by atoms with Gasteiger partial charge in [-0.1, -0.05) is 19.1 Å². The molecule has 1 fully saturated rings. The number of benzene rings is 1. The van der Waals surface area contributed by atoms with Crippen LogP contribution in [0.4, 0.5) is 0 Å². The molecule has 0 radical (unpaired) electrons. The molecule has 1 N–H and O–H groups in total. The Kier molecular flexibility index (Phi) is 6.03. The van der Waals surface area contributed by atoms with Crippen molar-refractivity contribution in [1.82, 2.24) is 15.1 Å². The third-order valence-corrected chi connectivity index (χ3v) is 4.39. The Bertz CT molecular complexity index is 419. The lowest BCUT2D eigenvalue weighted by Gasteiger charge is -2.26. The molecule has 1 aromatic rings. The molecule has 0 saturated carbocycles. The number of nitrogens with one attached hydrogen (secondary N) is 1. The quantitative estimate of drug-likeness (QED) is 0.831. The van der Waals surface area contributed by atoms with Gasteiger partial charge in [0.05, 0.1) is 7.11 Å². The summed E-state index contributed by atoms with van der Waals surface area (Å²) >= 11 is 0. The van der Waals surface area contributed by atoms with E-state index >= 15 is 0 Å². The molecule has 2 atom stereocenters. The number of likely N-dealkylation sites (tertiary alicyclic amines) is 1. The maximum absolute atomic E-state index is 5.25. The van der Waals surface area contributed by atoms with Crippen molar-refractivity contribution >= 4 is 0 Å². The Morgan fingerprint density at radius 3 is 2.57 bits per heavy atom. The Morgan fingerprint density at radius 2 is 2.05 bits per heavy atom. The summed E-state index contributed by atoms with van der Waals surface area (Å²) in [5.74, 6) is 0.919. The standard InChI is InChI=1S/C17H29N3O/c1-5-18-17(14-6-8-16(21-4)9-7-14)13-20-11-10-15(12-20)19(2)3/h6-9,15,17-18H,5,10-13H2,1-4H3. The molecule has 1 aliphatic heterocycles. The molecular weight excluding hydrogens is 262 g/mol. The first kappa shape index (κ1) is 16.3. The minimum absolute atomic E-state index is 0.391. The summed E-state index contributed by atoms with van der Waals surface area (Å²) < 4.78 is 5.25. The fourth-order valence-electron chi connectivity index (χ4n) is 3.03. The first-order valence-electron chi connectivity index (χ1n) is 7.90. The lowest BCUT2D eigenvalue weighted by atomic mass is 10.1. The number of methoxy groups -OCH3 is 1. The van der Waals surface area contributed by atoms with Gasteiger partial charge in [-0.3, -0.25) is 4.90 Å². The minimum Gasteiger partial charge on any atom is -0.497 e. The van der Waals surface area contributed by atoms with Crippen molar-refractivity contribution in [3.05, 3.63) is 29.8 Å². The van der Waals surface area contributed by atoms with Gasteiger partial charge in [-0.15, -0.1) is 0 Å². The first-order chi connectivity index (χ1) is 10.1. The van der Waals surface area contributed by atoms with Crippen LogP contribution in [0.25, 0.3) is 0 Å². The van der Waals surface area contributed by atoms with E-state index in [2.05, 4.69) is 48.3 Å². The van der Waals surface area contributed by atoms with Crippen molar-refractivity contribution in [3.63, 3.8) is 0 Å². The molecule has 2 unspecified atom stereocenters. The van der Waals surface area contributed by atoms with Crippen LogP contribution in [0.3, 0.4) is 0 Å². The summed E-state index contributed by atoms with van der Waals surface area (Å²) in [5.41, 5.74) is 1.34. The highest BCUT2D eigenvalue weighted by Crippen LogP contribution is 2.21. The van der Waals surface area contributed by atoms with Crippen molar-refractivity contribution in [3.8, 4) is 5.75 Å². The fraction of sp³-hybridized carbons (Fsp3) is 0.647. The van der Waals surface area contributed by atoms with Crippen LogP contribution >= 0.6 is 0 Å². The van der Waals surface area contributed by atoms with E-state index in [1.165, 1.54) is 25.1 Å². The van der Waals surface area contributed by atoms with E-state index in [1.54, 1.807) is 7.11 Å². The second-order valence-corrected chi connectivity index (χ2v) is 6.05. The van der Waals surface area contributed by atoms with Crippen molar-refractivity contribution in [2.45, 2.75) is 25.4 Å². The van der Waals surface area contributed by atoms with Gasteiger partial charge in [0.2, 0.25) is 0 Å². The highest BCUT2D eigenvalue weighted by molar-refractivity contribution is 5.29. The zero-order valence-electron chi connectivity index (χ0n) is 13.8. The molecule has 4 heteroatoms. The Balaban J connectivity index is 1.98. The third kappa shape index (κ3) is 4.43. The van der Waals surface area contributed by atoms with Gasteiger partial charge in [0.25, 0.3) is 0 Å². The molecule has 0 aromatic heterocycles. The number of hydrogen-bond acceptors (Lipinski definition) is 4. The third-order valence-electron chi connectivity index (χ3n) is 4.39. The second kappa shape index (κ2) is 7.78. The molecule has 1 aliphatic rings. The second-order valence-electron chi connectivity index (χ2n) is 6.05. The summed E-state index contributed by atoms with van der Waals surface area (Å²) in [6.45, 7) is 6.60. The zero-order valence-corrected chi connectivity index (χ0v) is 13.8. The maximum Gasteiger partial charge on any atom is 0.118 e. The summed E-state index contributed by atoms with van der Waals surface area (Å²) in [6, 6.07) is 9.53. The van der Waals surface area contributed by atoms with Gasteiger partial charge in [-0.05, 0) is 51.3 Å². The largest absolute Gasteiger partial charge is 0.497 e. The van der Waals surface area contributed by atoms with Gasteiger partial charge in [0.1, 0.15) is 5.75 Å². The number of likely N-dealkylation sites (N-methyl/N-ethyl adjacent to an activating group) is 2. The molecular formula is C17H29N3O. The van der Waals surface area contributed by atoms with Crippen LogP contribution in [-0.4, -0.2) is 63.2 Å². The Morgan fingerprint density at radius 1 is 1.33 bits per heavy atom. The maximum atomic E-state index is 5.25. The molecule has 1 aromatic carbocycles. The topological polar surface area (TPSA) is 27.7 Å². The summed E-state index contributed by atoms with van der Waals surface area (Å²) in [5, 5.41) is 3.61. The van der Waals surface area contributed by atoms with E-state index < -0.39 is 0 Å². The van der Waals surface area contributed by atoms with Gasteiger partial charge in [0.15, 0.2) is 0 Å². The molecule has 0 spiro atoms. The minimum atomic E-state index is 0.391. The molecule has 2 rings (SSSR count). The summed E-state index contributed by atoms with van der Waals surface area (Å²) in [4.78, 5) is 4.91. The number of nitrogens with zero attached hydrogens (tertiary/aromatic N) is 2. The van der Waals surface area contributed by atoms with Crippen molar-refractivity contribution < 1.29 is 4.74 Å². The van der Waals surface area contributed by atoms with E-state index in [0.29, 0.717) is 12.1 Å². The van der Waals surface area contributed by atoms with Crippen molar-refractivity contribution in [2.24, 2.45) is 0 Å². The zero-order chi connectivity index (χ0) is 15.2. The molecule has 0 bridgehead atoms. The summed E-state index contributed by atoms with van der Waals surface area (Å²) in [6.07, 6.45) is 1.27. The average molecular weight is 291 g/mol. The van der Waals surface area contributed by atoms with E-state index in [1.807, 2.05) is 12.1 Å². The summed E-state index contributed by atoms with van der Waals surface area (Å²) in [7, 11) is 6.07. The molecule has 4 nitrogen and oxygen atoms in total. The highest BCUT2D eigenvalue weighted by Gasteiger charge is 2.26. The predicted octanol–water partition coefficient (Wildman–Crippen LogP) is 1.98. The Hall–Kier alpha value is -1.10. The van der Waals surface area contributed by atoms with E-state index in [9.17, 15) is 0 Å². The highest BCUT2D eigenvalue weighted by atomic mass is 16.5. The number of hydrogen-bond donors (Lipinski definition) is 1. The van der Waals surface area contributed by atoms with Crippen molar-refractivity contribution in [2.75, 3.05) is 47.4 Å². The first-order valence-corrected chi connectivity index (χ1v) is 7.90. The number of ether oxygens (including phenoxy) is 1. The monoisotopic (exact) mass is 291 g/mol. The van der Waals surface area contributed by atoms with Crippen LogP contribution in [0.15, 0.2) is 24.3 Å². The molecule has 0 amide bonds. The molecule has 0 aliphatic carbocycles. The van der Waals surface area contributed by atoms with E-state index in [-0.39, 0.29) is 0 Å². The molecule has 118 valence electrons.